The molecule has 0 bridgehead atoms. The van der Waals surface area contributed by atoms with Crippen molar-refractivity contribution < 1.29 is 13.2 Å². The topological polar surface area (TPSA) is 99.0 Å². The van der Waals surface area contributed by atoms with Crippen LogP contribution >= 0.6 is 0 Å². The van der Waals surface area contributed by atoms with E-state index in [-0.39, 0.29) is 6.04 Å². The number of nitrogens with one attached hydrogen (secondary N) is 2. The van der Waals surface area contributed by atoms with Gasteiger partial charge in [0.2, 0.25) is 5.95 Å². The van der Waals surface area contributed by atoms with Gasteiger partial charge in [0, 0.05) is 61.6 Å². The summed E-state index contributed by atoms with van der Waals surface area (Å²) in [4.78, 5) is 20.8. The lowest BCUT2D eigenvalue weighted by Crippen LogP contribution is -2.50. The van der Waals surface area contributed by atoms with Crippen molar-refractivity contribution in [2.24, 2.45) is 5.92 Å². The molecule has 0 amide bonds. The number of aromatic amines is 1. The van der Waals surface area contributed by atoms with Gasteiger partial charge in [-0.25, -0.2) is 15.0 Å². The van der Waals surface area contributed by atoms with Crippen LogP contribution in [0.5, 0.6) is 0 Å². The summed E-state index contributed by atoms with van der Waals surface area (Å²) in [6, 6.07) is 1.90. The first-order valence-electron chi connectivity index (χ1n) is 12.6. The van der Waals surface area contributed by atoms with E-state index >= 15 is 0 Å². The van der Waals surface area contributed by atoms with Crippen molar-refractivity contribution in [2.45, 2.75) is 50.9 Å². The Labute approximate surface area is 208 Å². The minimum atomic E-state index is -4.49. The highest BCUT2D eigenvalue weighted by atomic mass is 19.4. The number of nitrogens with zero attached hydrogens (tertiary/aromatic N) is 5. The highest BCUT2D eigenvalue weighted by Gasteiger charge is 2.32. The van der Waals surface area contributed by atoms with Crippen molar-refractivity contribution in [3.63, 3.8) is 0 Å². The molecular weight excluding hydrogens is 469 g/mol. The van der Waals surface area contributed by atoms with E-state index in [9.17, 15) is 13.2 Å². The maximum atomic E-state index is 13.3. The van der Waals surface area contributed by atoms with Gasteiger partial charge in [-0.05, 0) is 51.6 Å². The molecule has 0 unspecified atom stereocenters. The van der Waals surface area contributed by atoms with E-state index in [1.165, 1.54) is 19.0 Å². The zero-order chi connectivity index (χ0) is 25.4. The second kappa shape index (κ2) is 9.85. The Bertz CT molecular complexity index is 1190. The van der Waals surface area contributed by atoms with Gasteiger partial charge in [0.15, 0.2) is 0 Å². The molecule has 1 aliphatic carbocycles. The first-order valence-corrected chi connectivity index (χ1v) is 12.6. The second-order valence-electron chi connectivity index (χ2n) is 10.2. The number of likely N-dealkylation sites (N-methyl/N-ethyl adjacent to an activating group) is 1. The van der Waals surface area contributed by atoms with Gasteiger partial charge in [0.25, 0.3) is 0 Å². The standard InChI is InChI=1S/C25H33F3N8/c1-15(16-3-5-18(6-4-16)36-9-7-35(2)8-10-36)33-24-32-14-21(29)22(34-24)20-13-31-23-19(20)11-17(12-30-23)25(26,27)28/h11-16,18H,3-10,29H2,1-2H3,(H,30,31)(H,32,33,34)/t15-,16?,18?/m1/s1. The number of halogens is 3. The number of alkyl halides is 3. The summed E-state index contributed by atoms with van der Waals surface area (Å²) in [5.41, 5.74) is 6.81. The van der Waals surface area contributed by atoms with E-state index in [4.69, 9.17) is 5.73 Å². The summed E-state index contributed by atoms with van der Waals surface area (Å²) >= 11 is 0. The van der Waals surface area contributed by atoms with Gasteiger partial charge >= 0.3 is 6.18 Å². The van der Waals surface area contributed by atoms with Gasteiger partial charge in [-0.1, -0.05) is 0 Å². The maximum Gasteiger partial charge on any atom is 0.417 e. The minimum absolute atomic E-state index is 0.163. The lowest BCUT2D eigenvalue weighted by molar-refractivity contribution is -0.137. The van der Waals surface area contributed by atoms with Crippen LogP contribution in [0.25, 0.3) is 22.3 Å². The van der Waals surface area contributed by atoms with Crippen LogP contribution in [0.3, 0.4) is 0 Å². The van der Waals surface area contributed by atoms with Crippen molar-refractivity contribution in [1.29, 1.82) is 0 Å². The highest BCUT2D eigenvalue weighted by molar-refractivity contribution is 5.95. The molecule has 1 aliphatic heterocycles. The van der Waals surface area contributed by atoms with E-state index in [2.05, 4.69) is 49.0 Å². The lowest BCUT2D eigenvalue weighted by Gasteiger charge is -2.42. The summed E-state index contributed by atoms with van der Waals surface area (Å²) in [7, 11) is 2.18. The van der Waals surface area contributed by atoms with Crippen LogP contribution in [0, 0.1) is 5.92 Å². The number of aromatic nitrogens is 4. The van der Waals surface area contributed by atoms with Crippen molar-refractivity contribution in [2.75, 3.05) is 44.3 Å². The number of fused-ring (bicyclic) bond motifs is 1. The third-order valence-corrected chi connectivity index (χ3v) is 7.79. The monoisotopic (exact) mass is 502 g/mol. The molecule has 8 nitrogen and oxygen atoms in total. The van der Waals surface area contributed by atoms with Crippen molar-refractivity contribution in [3.05, 3.63) is 30.2 Å². The number of H-pyrrole nitrogens is 1. The van der Waals surface area contributed by atoms with Crippen LogP contribution in [0.15, 0.2) is 24.7 Å². The molecule has 3 aromatic heterocycles. The molecule has 5 rings (SSSR count). The SMILES string of the molecule is C[C@@H](Nc1ncc(N)c(-c2c[nH]c3ncc(C(F)(F)F)cc23)n1)C1CCC(N2CCN(C)CC2)CC1. The molecule has 194 valence electrons. The fourth-order valence-electron chi connectivity index (χ4n) is 5.51. The fourth-order valence-corrected chi connectivity index (χ4v) is 5.51. The van der Waals surface area contributed by atoms with Crippen LogP contribution in [0.2, 0.25) is 0 Å². The van der Waals surface area contributed by atoms with Crippen LogP contribution < -0.4 is 11.1 Å². The molecule has 2 aliphatic rings. The molecular formula is C25H33F3N8. The lowest BCUT2D eigenvalue weighted by atomic mass is 9.81. The summed E-state index contributed by atoms with van der Waals surface area (Å²) in [5, 5.41) is 3.74. The number of hydrogen-bond acceptors (Lipinski definition) is 7. The largest absolute Gasteiger partial charge is 0.417 e. The fraction of sp³-hybridized carbons (Fsp3) is 0.560. The van der Waals surface area contributed by atoms with Gasteiger partial charge in [0.1, 0.15) is 11.3 Å². The molecule has 3 aromatic rings. The molecule has 0 aromatic carbocycles. The Balaban J connectivity index is 1.28. The van der Waals surface area contributed by atoms with Crippen molar-refractivity contribution in [1.82, 2.24) is 29.7 Å². The average molecular weight is 503 g/mol. The predicted octanol–water partition coefficient (Wildman–Crippen LogP) is 4.23. The van der Waals surface area contributed by atoms with Gasteiger partial charge in [-0.15, -0.1) is 0 Å². The third-order valence-electron chi connectivity index (χ3n) is 7.79. The van der Waals surface area contributed by atoms with E-state index < -0.39 is 11.7 Å². The number of hydrogen-bond donors (Lipinski definition) is 3. The molecule has 4 N–H and O–H groups in total. The smallest absolute Gasteiger partial charge is 0.396 e. The van der Waals surface area contributed by atoms with Crippen molar-refractivity contribution >= 4 is 22.7 Å². The Morgan fingerprint density at radius 2 is 1.81 bits per heavy atom. The van der Waals surface area contributed by atoms with Crippen LogP contribution in [0.1, 0.15) is 38.2 Å². The van der Waals surface area contributed by atoms with E-state index in [1.807, 2.05) is 0 Å². The first-order chi connectivity index (χ1) is 17.2. The van der Waals surface area contributed by atoms with Crippen molar-refractivity contribution in [3.8, 4) is 11.3 Å². The predicted molar refractivity (Wildman–Crippen MR) is 134 cm³/mol. The summed E-state index contributed by atoms with van der Waals surface area (Å²) in [5.74, 6) is 0.923. The molecule has 0 spiro atoms. The van der Waals surface area contributed by atoms with E-state index in [1.54, 1.807) is 6.20 Å². The third kappa shape index (κ3) is 5.12. The molecule has 2 fully saturated rings. The van der Waals surface area contributed by atoms with Crippen LogP contribution in [-0.2, 0) is 6.18 Å². The molecule has 1 atom stereocenters. The van der Waals surface area contributed by atoms with Gasteiger partial charge in [-0.2, -0.15) is 13.2 Å². The number of anilines is 2. The summed E-state index contributed by atoms with van der Waals surface area (Å²) in [6.07, 6.45) is 4.08. The Morgan fingerprint density at radius 3 is 2.50 bits per heavy atom. The second-order valence-corrected chi connectivity index (χ2v) is 10.2. The number of rotatable bonds is 5. The van der Waals surface area contributed by atoms with Crippen LogP contribution in [-0.4, -0.2) is 75.0 Å². The van der Waals surface area contributed by atoms with E-state index in [0.717, 1.165) is 51.3 Å². The normalized spacial score (nSPS) is 23.1. The summed E-state index contributed by atoms with van der Waals surface area (Å²) in [6.45, 7) is 6.72. The molecule has 11 heteroatoms. The number of pyridine rings is 1. The quantitative estimate of drug-likeness (QED) is 0.480. The van der Waals surface area contributed by atoms with E-state index in [0.29, 0.717) is 45.9 Å². The summed E-state index contributed by atoms with van der Waals surface area (Å²) < 4.78 is 39.8. The molecule has 36 heavy (non-hydrogen) atoms. The zero-order valence-electron chi connectivity index (χ0n) is 20.6. The Morgan fingerprint density at radius 1 is 1.08 bits per heavy atom. The van der Waals surface area contributed by atoms with Gasteiger partial charge in [-0.3, -0.25) is 4.90 Å². The highest BCUT2D eigenvalue weighted by Crippen LogP contribution is 2.36. The number of piperazine rings is 1. The first kappa shape index (κ1) is 24.8. The zero-order valence-corrected chi connectivity index (χ0v) is 20.6. The number of nitrogen functional groups attached to an aromatic ring is 1. The van der Waals surface area contributed by atoms with Gasteiger partial charge < -0.3 is 20.9 Å². The maximum absolute atomic E-state index is 13.3. The van der Waals surface area contributed by atoms with Gasteiger partial charge in [0.05, 0.1) is 17.4 Å². The molecule has 0 radical (unpaired) electrons. The Hall–Kier alpha value is -2.92. The molecule has 4 heterocycles. The minimum Gasteiger partial charge on any atom is -0.396 e. The Kier molecular flexibility index (Phi) is 6.78. The number of nitrogens with two attached hydrogens (primary N) is 1. The molecule has 1 saturated heterocycles. The average Bonchev–Trinajstić information content (AvgIpc) is 3.28. The van der Waals surface area contributed by atoms with Crippen LogP contribution in [0.4, 0.5) is 24.8 Å². The molecule has 1 saturated carbocycles.